The van der Waals surface area contributed by atoms with Gasteiger partial charge in [0.2, 0.25) is 0 Å². The third kappa shape index (κ3) is 3.86. The lowest BCUT2D eigenvalue weighted by molar-refractivity contribution is 0.0757. The van der Waals surface area contributed by atoms with Gasteiger partial charge in [0.1, 0.15) is 5.75 Å². The number of hydrogen-bond acceptors (Lipinski definition) is 3. The van der Waals surface area contributed by atoms with Crippen molar-refractivity contribution in [2.45, 2.75) is 20.4 Å². The Morgan fingerprint density at radius 1 is 1.33 bits per heavy atom. The Balaban J connectivity index is 2.13. The van der Waals surface area contributed by atoms with Crippen LogP contribution in [0.5, 0.6) is 5.75 Å². The van der Waals surface area contributed by atoms with E-state index in [1.54, 1.807) is 7.11 Å². The van der Waals surface area contributed by atoms with Crippen molar-refractivity contribution in [2.75, 3.05) is 13.7 Å². The number of nitrogens with zero attached hydrogens (tertiary/aromatic N) is 1. The van der Waals surface area contributed by atoms with Gasteiger partial charge in [-0.1, -0.05) is 12.1 Å². The summed E-state index contributed by atoms with van der Waals surface area (Å²) in [5.41, 5.74) is 2.20. The summed E-state index contributed by atoms with van der Waals surface area (Å²) in [6, 6.07) is 9.75. The van der Waals surface area contributed by atoms with Crippen LogP contribution in [-0.2, 0) is 6.54 Å². The van der Waals surface area contributed by atoms with Gasteiger partial charge in [0.05, 0.1) is 15.8 Å². The second-order valence-electron chi connectivity index (χ2n) is 4.73. The molecule has 3 nitrogen and oxygen atoms in total. The molecular weight excluding hydrogens is 350 g/mol. The van der Waals surface area contributed by atoms with E-state index in [1.807, 2.05) is 49.1 Å². The van der Waals surface area contributed by atoms with Crippen molar-refractivity contribution in [3.63, 3.8) is 0 Å². The normalized spacial score (nSPS) is 10.5. The van der Waals surface area contributed by atoms with E-state index in [1.165, 1.54) is 11.3 Å². The lowest BCUT2D eigenvalue weighted by atomic mass is 10.2. The van der Waals surface area contributed by atoms with Gasteiger partial charge in [-0.15, -0.1) is 11.3 Å². The topological polar surface area (TPSA) is 29.5 Å². The van der Waals surface area contributed by atoms with Crippen molar-refractivity contribution in [2.24, 2.45) is 0 Å². The van der Waals surface area contributed by atoms with Crippen LogP contribution in [0.15, 0.2) is 34.1 Å². The first-order chi connectivity index (χ1) is 10.0. The SMILES string of the molecule is CCN(Cc1ccc(OC)cc1)C(=O)c1cc(C)c(Br)s1. The molecule has 0 fully saturated rings. The molecule has 1 amide bonds. The van der Waals surface area contributed by atoms with Crippen LogP contribution < -0.4 is 4.74 Å². The molecule has 1 aromatic heterocycles. The van der Waals surface area contributed by atoms with E-state index >= 15 is 0 Å². The van der Waals surface area contributed by atoms with Gasteiger partial charge in [0.15, 0.2) is 0 Å². The van der Waals surface area contributed by atoms with Crippen LogP contribution in [0.4, 0.5) is 0 Å². The first-order valence-corrected chi connectivity index (χ1v) is 8.34. The standard InChI is InChI=1S/C16H18BrNO2S/c1-4-18(10-12-5-7-13(20-3)8-6-12)16(19)14-9-11(2)15(17)21-14/h5-9H,4,10H2,1-3H3. The van der Waals surface area contributed by atoms with Gasteiger partial charge in [0, 0.05) is 13.1 Å². The van der Waals surface area contributed by atoms with E-state index in [2.05, 4.69) is 15.9 Å². The number of rotatable bonds is 5. The molecule has 0 unspecified atom stereocenters. The zero-order valence-corrected chi connectivity index (χ0v) is 14.8. The summed E-state index contributed by atoms with van der Waals surface area (Å²) in [6.07, 6.45) is 0. The third-order valence-electron chi connectivity index (χ3n) is 3.27. The molecule has 5 heteroatoms. The van der Waals surface area contributed by atoms with E-state index in [9.17, 15) is 4.79 Å². The highest BCUT2D eigenvalue weighted by Gasteiger charge is 2.17. The predicted octanol–water partition coefficient (Wildman–Crippen LogP) is 4.49. The van der Waals surface area contributed by atoms with Gasteiger partial charge in [-0.05, 0) is 59.1 Å². The molecule has 2 aromatic rings. The molecule has 0 saturated carbocycles. The Morgan fingerprint density at radius 2 is 2.00 bits per heavy atom. The summed E-state index contributed by atoms with van der Waals surface area (Å²) in [7, 11) is 1.65. The Morgan fingerprint density at radius 3 is 2.48 bits per heavy atom. The zero-order valence-electron chi connectivity index (χ0n) is 12.4. The van der Waals surface area contributed by atoms with Crippen molar-refractivity contribution >= 4 is 33.2 Å². The molecule has 1 aromatic carbocycles. The highest BCUT2D eigenvalue weighted by atomic mass is 79.9. The quantitative estimate of drug-likeness (QED) is 0.778. The maximum atomic E-state index is 12.6. The minimum Gasteiger partial charge on any atom is -0.497 e. The maximum Gasteiger partial charge on any atom is 0.264 e. The van der Waals surface area contributed by atoms with Crippen molar-refractivity contribution < 1.29 is 9.53 Å². The summed E-state index contributed by atoms with van der Waals surface area (Å²) in [6.45, 7) is 5.28. The van der Waals surface area contributed by atoms with Crippen LogP contribution in [0.25, 0.3) is 0 Å². The van der Waals surface area contributed by atoms with Crippen LogP contribution in [0.2, 0.25) is 0 Å². The molecule has 0 spiro atoms. The molecule has 0 aliphatic rings. The smallest absolute Gasteiger partial charge is 0.264 e. The zero-order chi connectivity index (χ0) is 15.4. The van der Waals surface area contributed by atoms with E-state index in [0.29, 0.717) is 13.1 Å². The second-order valence-corrected chi connectivity index (χ2v) is 7.10. The van der Waals surface area contributed by atoms with Gasteiger partial charge >= 0.3 is 0 Å². The number of halogens is 1. The molecule has 0 bridgehead atoms. The molecule has 0 atom stereocenters. The summed E-state index contributed by atoms with van der Waals surface area (Å²) >= 11 is 4.96. The maximum absolute atomic E-state index is 12.6. The molecule has 1 heterocycles. The Kier molecular flexibility index (Phi) is 5.42. The number of benzene rings is 1. The van der Waals surface area contributed by atoms with Crippen LogP contribution in [0.1, 0.15) is 27.7 Å². The molecule has 2 rings (SSSR count). The van der Waals surface area contributed by atoms with Crippen molar-refractivity contribution in [3.8, 4) is 5.75 Å². The lowest BCUT2D eigenvalue weighted by Crippen LogP contribution is -2.29. The molecule has 0 N–H and O–H groups in total. The minimum absolute atomic E-state index is 0.0760. The van der Waals surface area contributed by atoms with Gasteiger partial charge in [-0.3, -0.25) is 4.79 Å². The lowest BCUT2D eigenvalue weighted by Gasteiger charge is -2.20. The van der Waals surface area contributed by atoms with Gasteiger partial charge in [0.25, 0.3) is 5.91 Å². The largest absolute Gasteiger partial charge is 0.497 e. The fraction of sp³-hybridized carbons (Fsp3) is 0.312. The van der Waals surface area contributed by atoms with E-state index in [-0.39, 0.29) is 5.91 Å². The molecule has 0 aliphatic carbocycles. The molecule has 0 radical (unpaired) electrons. The Bertz CT molecular complexity index is 602. The van der Waals surface area contributed by atoms with E-state index in [0.717, 1.165) is 25.5 Å². The fourth-order valence-corrected chi connectivity index (χ4v) is 3.50. The van der Waals surface area contributed by atoms with Gasteiger partial charge < -0.3 is 9.64 Å². The van der Waals surface area contributed by atoms with Crippen molar-refractivity contribution in [3.05, 3.63) is 50.1 Å². The van der Waals surface area contributed by atoms with Crippen molar-refractivity contribution in [1.29, 1.82) is 0 Å². The highest BCUT2D eigenvalue weighted by Crippen LogP contribution is 2.28. The number of methoxy groups -OCH3 is 1. The summed E-state index contributed by atoms with van der Waals surface area (Å²) in [5.74, 6) is 0.901. The van der Waals surface area contributed by atoms with Crippen molar-refractivity contribution in [1.82, 2.24) is 4.90 Å². The van der Waals surface area contributed by atoms with Crippen LogP contribution in [-0.4, -0.2) is 24.5 Å². The predicted molar refractivity (Wildman–Crippen MR) is 90.2 cm³/mol. The number of carbonyl (C=O) groups excluding carboxylic acids is 1. The fourth-order valence-electron chi connectivity index (χ4n) is 2.00. The van der Waals surface area contributed by atoms with Crippen LogP contribution in [0.3, 0.4) is 0 Å². The summed E-state index contributed by atoms with van der Waals surface area (Å²) < 4.78 is 6.17. The third-order valence-corrected chi connectivity index (χ3v) is 5.39. The van der Waals surface area contributed by atoms with Crippen LogP contribution >= 0.6 is 27.3 Å². The second kappa shape index (κ2) is 7.09. The van der Waals surface area contributed by atoms with Gasteiger partial charge in [-0.25, -0.2) is 0 Å². The number of hydrogen-bond donors (Lipinski definition) is 0. The minimum atomic E-state index is 0.0760. The average molecular weight is 368 g/mol. The number of ether oxygens (including phenoxy) is 1. The van der Waals surface area contributed by atoms with Crippen LogP contribution in [0, 0.1) is 6.92 Å². The van der Waals surface area contributed by atoms with Gasteiger partial charge in [-0.2, -0.15) is 0 Å². The highest BCUT2D eigenvalue weighted by molar-refractivity contribution is 9.11. The summed E-state index contributed by atoms with van der Waals surface area (Å²) in [5, 5.41) is 0. The molecule has 0 saturated heterocycles. The molecule has 21 heavy (non-hydrogen) atoms. The number of amides is 1. The first kappa shape index (κ1) is 16.0. The first-order valence-electron chi connectivity index (χ1n) is 6.73. The number of carbonyl (C=O) groups is 1. The number of aryl methyl sites for hydroxylation is 1. The van der Waals surface area contributed by atoms with E-state index in [4.69, 9.17) is 4.74 Å². The Labute approximate surface area is 137 Å². The summed E-state index contributed by atoms with van der Waals surface area (Å²) in [4.78, 5) is 15.2. The monoisotopic (exact) mass is 367 g/mol. The van der Waals surface area contributed by atoms with E-state index < -0.39 is 0 Å². The molecule has 0 aliphatic heterocycles. The molecular formula is C16H18BrNO2S. The average Bonchev–Trinajstić information content (AvgIpc) is 2.84. The molecule has 112 valence electrons. The Hall–Kier alpha value is -1.33. The number of thiophene rings is 1.